The van der Waals surface area contributed by atoms with Gasteiger partial charge in [0.25, 0.3) is 5.56 Å². The molecule has 4 aromatic rings. The zero-order valence-electron chi connectivity index (χ0n) is 15.3. The van der Waals surface area contributed by atoms with Crippen LogP contribution in [0.4, 0.5) is 5.69 Å². The zero-order chi connectivity index (χ0) is 19.1. The van der Waals surface area contributed by atoms with E-state index in [-0.39, 0.29) is 11.6 Å². The van der Waals surface area contributed by atoms with Gasteiger partial charge < -0.3 is 10.3 Å². The fourth-order valence-electron chi connectivity index (χ4n) is 2.96. The van der Waals surface area contributed by atoms with Crippen LogP contribution in [-0.4, -0.2) is 29.5 Å². The van der Waals surface area contributed by atoms with Crippen LogP contribution in [0.5, 0.6) is 0 Å². The molecule has 0 radical (unpaired) electrons. The minimum Gasteiger partial charge on any atom is -0.398 e. The van der Waals surface area contributed by atoms with Crippen molar-refractivity contribution >= 4 is 16.5 Å². The van der Waals surface area contributed by atoms with Crippen molar-refractivity contribution in [2.24, 2.45) is 0 Å². The lowest BCUT2D eigenvalue weighted by molar-refractivity contribution is 0.603. The first-order chi connectivity index (χ1) is 13.0. The van der Waals surface area contributed by atoms with E-state index in [1.807, 2.05) is 43.5 Å². The summed E-state index contributed by atoms with van der Waals surface area (Å²) in [7, 11) is 0. The van der Waals surface area contributed by atoms with E-state index in [2.05, 4.69) is 20.3 Å². The number of aromatic nitrogens is 6. The molecule has 8 nitrogen and oxygen atoms in total. The average molecular weight is 361 g/mol. The topological polar surface area (TPSA) is 105 Å². The van der Waals surface area contributed by atoms with E-state index < -0.39 is 0 Å². The average Bonchev–Trinajstić information content (AvgIpc) is 3.14. The van der Waals surface area contributed by atoms with E-state index in [1.165, 1.54) is 4.68 Å². The third kappa shape index (κ3) is 2.84. The number of hydrogen-bond acceptors (Lipinski definition) is 6. The highest BCUT2D eigenvalue weighted by Gasteiger charge is 2.14. The summed E-state index contributed by atoms with van der Waals surface area (Å²) in [5.74, 6) is 1.05. The quantitative estimate of drug-likeness (QED) is 0.562. The van der Waals surface area contributed by atoms with Gasteiger partial charge in [0.05, 0.1) is 11.6 Å². The van der Waals surface area contributed by atoms with E-state index in [0.29, 0.717) is 28.4 Å². The molecule has 1 aromatic carbocycles. The van der Waals surface area contributed by atoms with Crippen LogP contribution in [0, 0.1) is 6.92 Å². The monoisotopic (exact) mass is 361 g/mol. The molecule has 0 spiro atoms. The number of nitrogen functional groups attached to an aromatic ring is 1. The summed E-state index contributed by atoms with van der Waals surface area (Å²) in [6.07, 6.45) is 3.31. The highest BCUT2D eigenvalue weighted by Crippen LogP contribution is 2.20. The van der Waals surface area contributed by atoms with Crippen LogP contribution in [-0.2, 0) is 0 Å². The maximum atomic E-state index is 12.9. The minimum absolute atomic E-state index is 0.188. The molecule has 0 saturated heterocycles. The number of nitrogens with zero attached hydrogens (tertiary/aromatic N) is 6. The number of pyridine rings is 1. The Morgan fingerprint density at radius 2 is 2.00 bits per heavy atom. The van der Waals surface area contributed by atoms with Gasteiger partial charge in [0.1, 0.15) is 12.0 Å². The summed E-state index contributed by atoms with van der Waals surface area (Å²) in [6, 6.07) is 9.12. The summed E-state index contributed by atoms with van der Waals surface area (Å²) in [6.45, 7) is 5.98. The molecule has 8 heteroatoms. The largest absolute Gasteiger partial charge is 0.398 e. The Labute approximate surface area is 155 Å². The van der Waals surface area contributed by atoms with Crippen molar-refractivity contribution in [3.05, 3.63) is 58.8 Å². The number of benzene rings is 1. The summed E-state index contributed by atoms with van der Waals surface area (Å²) in [5.41, 5.74) is 7.81. The molecule has 27 heavy (non-hydrogen) atoms. The van der Waals surface area contributed by atoms with Crippen molar-refractivity contribution in [3.8, 4) is 17.3 Å². The lowest BCUT2D eigenvalue weighted by Gasteiger charge is -2.11. The lowest BCUT2D eigenvalue weighted by Crippen LogP contribution is -2.22. The van der Waals surface area contributed by atoms with Gasteiger partial charge in [-0.2, -0.15) is 9.78 Å². The van der Waals surface area contributed by atoms with E-state index in [9.17, 15) is 4.79 Å². The van der Waals surface area contributed by atoms with Gasteiger partial charge in [-0.3, -0.25) is 4.79 Å². The lowest BCUT2D eigenvalue weighted by atomic mass is 10.1. The molecule has 3 aromatic heterocycles. The number of fused-ring (bicyclic) bond motifs is 1. The standard InChI is InChI=1S/C19H19N7O/c1-11(2)25-10-21-24-18(25)16-5-4-6-17(23-16)26-19(27)14-8-15(20)12(3)7-13(14)9-22-26/h4-11H,20H2,1-3H3. The molecule has 0 aliphatic rings. The van der Waals surface area contributed by atoms with Crippen molar-refractivity contribution in [1.82, 2.24) is 29.5 Å². The number of rotatable bonds is 3. The summed E-state index contributed by atoms with van der Waals surface area (Å²) in [5, 5.41) is 13.7. The minimum atomic E-state index is -0.269. The fourth-order valence-corrected chi connectivity index (χ4v) is 2.96. The van der Waals surface area contributed by atoms with E-state index in [0.717, 1.165) is 10.9 Å². The Bertz CT molecular complexity index is 1210. The van der Waals surface area contributed by atoms with Gasteiger partial charge in [0.15, 0.2) is 11.6 Å². The maximum Gasteiger partial charge on any atom is 0.280 e. The second kappa shape index (κ2) is 6.31. The van der Waals surface area contributed by atoms with E-state index in [1.54, 1.807) is 24.7 Å². The smallest absolute Gasteiger partial charge is 0.280 e. The van der Waals surface area contributed by atoms with Gasteiger partial charge in [-0.25, -0.2) is 4.98 Å². The third-order valence-electron chi connectivity index (χ3n) is 4.48. The maximum absolute atomic E-state index is 12.9. The van der Waals surface area contributed by atoms with Crippen molar-refractivity contribution in [2.45, 2.75) is 26.8 Å². The highest BCUT2D eigenvalue weighted by atomic mass is 16.1. The molecule has 0 fully saturated rings. The van der Waals surface area contributed by atoms with Crippen LogP contribution >= 0.6 is 0 Å². The van der Waals surface area contributed by atoms with Crippen molar-refractivity contribution < 1.29 is 0 Å². The predicted molar refractivity (Wildman–Crippen MR) is 104 cm³/mol. The molecular formula is C19H19N7O. The van der Waals surface area contributed by atoms with Gasteiger partial charge in [-0.05, 0) is 50.6 Å². The molecular weight excluding hydrogens is 342 g/mol. The molecule has 0 unspecified atom stereocenters. The summed E-state index contributed by atoms with van der Waals surface area (Å²) in [4.78, 5) is 17.5. The van der Waals surface area contributed by atoms with Gasteiger partial charge in [0.2, 0.25) is 0 Å². The predicted octanol–water partition coefficient (Wildman–Crippen LogP) is 2.51. The van der Waals surface area contributed by atoms with Crippen LogP contribution in [0.25, 0.3) is 28.1 Å². The van der Waals surface area contributed by atoms with Gasteiger partial charge in [0, 0.05) is 17.1 Å². The Hall–Kier alpha value is -3.55. The first-order valence-electron chi connectivity index (χ1n) is 8.61. The summed E-state index contributed by atoms with van der Waals surface area (Å²) < 4.78 is 3.20. The van der Waals surface area contributed by atoms with E-state index >= 15 is 0 Å². The molecule has 136 valence electrons. The Morgan fingerprint density at radius 3 is 2.78 bits per heavy atom. The number of hydrogen-bond donors (Lipinski definition) is 1. The van der Waals surface area contributed by atoms with Crippen LogP contribution in [0.15, 0.2) is 47.7 Å². The summed E-state index contributed by atoms with van der Waals surface area (Å²) >= 11 is 0. The SMILES string of the molecule is Cc1cc2cnn(-c3cccc(-c4nncn4C(C)C)n3)c(=O)c2cc1N. The number of anilines is 1. The highest BCUT2D eigenvalue weighted by molar-refractivity contribution is 5.85. The third-order valence-corrected chi connectivity index (χ3v) is 4.48. The van der Waals surface area contributed by atoms with Crippen molar-refractivity contribution in [3.63, 3.8) is 0 Å². The second-order valence-electron chi connectivity index (χ2n) is 6.69. The Balaban J connectivity index is 1.87. The second-order valence-corrected chi connectivity index (χ2v) is 6.69. The van der Waals surface area contributed by atoms with Crippen LogP contribution in [0.1, 0.15) is 25.5 Å². The van der Waals surface area contributed by atoms with Crippen molar-refractivity contribution in [1.29, 1.82) is 0 Å². The molecule has 0 atom stereocenters. The zero-order valence-corrected chi connectivity index (χ0v) is 15.3. The number of aryl methyl sites for hydroxylation is 1. The Kier molecular flexibility index (Phi) is 3.95. The molecule has 0 aliphatic heterocycles. The molecule has 3 heterocycles. The fraction of sp³-hybridized carbons (Fsp3) is 0.211. The first-order valence-corrected chi connectivity index (χ1v) is 8.61. The molecule has 4 rings (SSSR count). The Morgan fingerprint density at radius 1 is 1.19 bits per heavy atom. The van der Waals surface area contributed by atoms with Crippen LogP contribution < -0.4 is 11.3 Å². The molecule has 2 N–H and O–H groups in total. The van der Waals surface area contributed by atoms with E-state index in [4.69, 9.17) is 5.73 Å². The molecule has 0 amide bonds. The van der Waals surface area contributed by atoms with Gasteiger partial charge in [-0.15, -0.1) is 10.2 Å². The molecule has 0 aliphatic carbocycles. The molecule has 0 saturated carbocycles. The van der Waals surface area contributed by atoms with Crippen molar-refractivity contribution in [2.75, 3.05) is 5.73 Å². The van der Waals surface area contributed by atoms with Crippen LogP contribution in [0.3, 0.4) is 0 Å². The van der Waals surface area contributed by atoms with Gasteiger partial charge in [-0.1, -0.05) is 6.07 Å². The first kappa shape index (κ1) is 16.9. The normalized spacial score (nSPS) is 11.4. The molecule has 0 bridgehead atoms. The van der Waals surface area contributed by atoms with Gasteiger partial charge >= 0.3 is 0 Å². The number of nitrogens with two attached hydrogens (primary N) is 1. The van der Waals surface area contributed by atoms with Crippen LogP contribution in [0.2, 0.25) is 0 Å².